The van der Waals surface area contributed by atoms with Crippen LogP contribution >= 0.6 is 15.9 Å². The number of carboxylic acids is 1. The molecule has 4 nitrogen and oxygen atoms in total. The zero-order valence-electron chi connectivity index (χ0n) is 10.1. The summed E-state index contributed by atoms with van der Waals surface area (Å²) in [5, 5.41) is 8.93. The quantitative estimate of drug-likeness (QED) is 0.924. The van der Waals surface area contributed by atoms with E-state index in [4.69, 9.17) is 9.52 Å². The number of benzene rings is 1. The highest BCUT2D eigenvalue weighted by molar-refractivity contribution is 9.10. The Morgan fingerprint density at radius 3 is 2.68 bits per heavy atom. The fourth-order valence-electron chi connectivity index (χ4n) is 1.66. The van der Waals surface area contributed by atoms with Crippen LogP contribution in [0.1, 0.15) is 21.9 Å². The van der Waals surface area contributed by atoms with Gasteiger partial charge in [0, 0.05) is 4.47 Å². The lowest BCUT2D eigenvalue weighted by Gasteiger charge is -2.02. The Morgan fingerprint density at radius 2 is 2.11 bits per heavy atom. The van der Waals surface area contributed by atoms with E-state index in [1.54, 1.807) is 19.1 Å². The van der Waals surface area contributed by atoms with Crippen molar-refractivity contribution in [3.8, 4) is 0 Å². The van der Waals surface area contributed by atoms with Crippen molar-refractivity contribution in [3.05, 3.63) is 51.9 Å². The van der Waals surface area contributed by atoms with E-state index in [1.165, 1.54) is 6.07 Å². The van der Waals surface area contributed by atoms with Crippen molar-refractivity contribution in [1.82, 2.24) is 0 Å². The molecule has 0 saturated carbocycles. The molecule has 2 rings (SSSR count). The minimum absolute atomic E-state index is 0.110. The molecule has 19 heavy (non-hydrogen) atoms. The van der Waals surface area contributed by atoms with Crippen LogP contribution in [0.4, 0.5) is 0 Å². The molecule has 100 valence electrons. The lowest BCUT2D eigenvalue weighted by atomic mass is 10.2. The molecule has 0 aliphatic heterocycles. The van der Waals surface area contributed by atoms with E-state index in [9.17, 15) is 9.00 Å². The van der Waals surface area contributed by atoms with Crippen LogP contribution in [0, 0.1) is 6.92 Å². The zero-order chi connectivity index (χ0) is 14.0. The van der Waals surface area contributed by atoms with Gasteiger partial charge in [0.1, 0.15) is 17.1 Å². The van der Waals surface area contributed by atoms with E-state index in [2.05, 4.69) is 15.9 Å². The normalized spacial score (nSPS) is 12.3. The SMILES string of the molecule is Cc1oc(CS(=O)c2ccccc2Br)cc1C(=O)O. The highest BCUT2D eigenvalue weighted by Crippen LogP contribution is 2.23. The first-order valence-corrected chi connectivity index (χ1v) is 7.55. The van der Waals surface area contributed by atoms with Crippen LogP contribution in [0.2, 0.25) is 0 Å². The van der Waals surface area contributed by atoms with Crippen LogP contribution in [-0.2, 0) is 16.6 Å². The van der Waals surface area contributed by atoms with Gasteiger partial charge < -0.3 is 9.52 Å². The molecule has 6 heteroatoms. The summed E-state index contributed by atoms with van der Waals surface area (Å²) in [6, 6.07) is 8.63. The number of rotatable bonds is 4. The van der Waals surface area contributed by atoms with Gasteiger partial charge in [-0.15, -0.1) is 0 Å². The van der Waals surface area contributed by atoms with Crippen LogP contribution in [0.5, 0.6) is 0 Å². The minimum Gasteiger partial charge on any atom is -0.478 e. The van der Waals surface area contributed by atoms with Crippen molar-refractivity contribution in [2.75, 3.05) is 0 Å². The summed E-state index contributed by atoms with van der Waals surface area (Å²) in [7, 11) is -1.29. The van der Waals surface area contributed by atoms with E-state index in [-0.39, 0.29) is 11.3 Å². The number of hydrogen-bond acceptors (Lipinski definition) is 3. The number of carbonyl (C=O) groups is 1. The van der Waals surface area contributed by atoms with Gasteiger partial charge in [-0.25, -0.2) is 4.79 Å². The second kappa shape index (κ2) is 5.71. The molecule has 0 radical (unpaired) electrons. The summed E-state index contributed by atoms with van der Waals surface area (Å²) >= 11 is 3.34. The van der Waals surface area contributed by atoms with Gasteiger partial charge in [-0.05, 0) is 41.1 Å². The highest BCUT2D eigenvalue weighted by atomic mass is 79.9. The third-order valence-corrected chi connectivity index (χ3v) is 4.90. The Bertz CT molecular complexity index is 648. The molecule has 0 spiro atoms. The van der Waals surface area contributed by atoms with E-state index in [1.807, 2.05) is 12.1 Å². The number of furan rings is 1. The maximum Gasteiger partial charge on any atom is 0.339 e. The zero-order valence-corrected chi connectivity index (χ0v) is 12.5. The summed E-state index contributed by atoms with van der Waals surface area (Å²) in [6.07, 6.45) is 0. The summed E-state index contributed by atoms with van der Waals surface area (Å²) in [5.74, 6) is -0.161. The summed E-state index contributed by atoms with van der Waals surface area (Å²) in [5.41, 5.74) is 0.110. The van der Waals surface area contributed by atoms with Gasteiger partial charge >= 0.3 is 5.97 Å². The van der Waals surface area contributed by atoms with Crippen LogP contribution in [-0.4, -0.2) is 15.3 Å². The number of hydrogen-bond donors (Lipinski definition) is 1. The van der Waals surface area contributed by atoms with Crippen molar-refractivity contribution >= 4 is 32.7 Å². The van der Waals surface area contributed by atoms with Crippen molar-refractivity contribution in [1.29, 1.82) is 0 Å². The third kappa shape index (κ3) is 3.13. The Morgan fingerprint density at radius 1 is 1.42 bits per heavy atom. The number of carboxylic acid groups (broad SMARTS) is 1. The van der Waals surface area contributed by atoms with Crippen molar-refractivity contribution in [2.24, 2.45) is 0 Å². The van der Waals surface area contributed by atoms with E-state index in [0.29, 0.717) is 16.4 Å². The molecular weight excluding hydrogens is 332 g/mol. The molecule has 1 aromatic carbocycles. The molecule has 0 fully saturated rings. The third-order valence-electron chi connectivity index (χ3n) is 2.55. The molecule has 2 aromatic rings. The molecule has 0 saturated heterocycles. The van der Waals surface area contributed by atoms with Gasteiger partial charge in [-0.3, -0.25) is 4.21 Å². The lowest BCUT2D eigenvalue weighted by molar-refractivity contribution is 0.0695. The van der Waals surface area contributed by atoms with Crippen molar-refractivity contribution in [2.45, 2.75) is 17.6 Å². The van der Waals surface area contributed by atoms with Gasteiger partial charge in [0.05, 0.1) is 21.4 Å². The van der Waals surface area contributed by atoms with Gasteiger partial charge in [-0.1, -0.05) is 12.1 Å². The highest BCUT2D eigenvalue weighted by Gasteiger charge is 2.16. The van der Waals surface area contributed by atoms with E-state index in [0.717, 1.165) is 4.47 Å². The molecular formula is C13H11BrO4S. The number of aryl methyl sites for hydroxylation is 1. The second-order valence-electron chi connectivity index (χ2n) is 3.91. The Hall–Kier alpha value is -1.40. The van der Waals surface area contributed by atoms with Crippen molar-refractivity contribution in [3.63, 3.8) is 0 Å². The number of halogens is 1. The van der Waals surface area contributed by atoms with Gasteiger partial charge in [0.15, 0.2) is 0 Å². The number of aromatic carboxylic acids is 1. The summed E-state index contributed by atoms with van der Waals surface area (Å²) in [4.78, 5) is 11.6. The topological polar surface area (TPSA) is 67.5 Å². The largest absolute Gasteiger partial charge is 0.478 e. The van der Waals surface area contributed by atoms with E-state index >= 15 is 0 Å². The fraction of sp³-hybridized carbons (Fsp3) is 0.154. The summed E-state index contributed by atoms with van der Waals surface area (Å²) in [6.45, 7) is 1.58. The molecule has 1 N–H and O–H groups in total. The standard InChI is InChI=1S/C13H11BrO4S/c1-8-10(13(15)16)6-9(18-8)7-19(17)12-5-3-2-4-11(12)14/h2-6H,7H2,1H3,(H,15,16). The van der Waals surface area contributed by atoms with Crippen LogP contribution in [0.25, 0.3) is 0 Å². The monoisotopic (exact) mass is 342 g/mol. The molecule has 1 heterocycles. The second-order valence-corrected chi connectivity index (χ2v) is 6.18. The average Bonchev–Trinajstić information content (AvgIpc) is 2.70. The van der Waals surface area contributed by atoms with Crippen molar-refractivity contribution < 1.29 is 18.5 Å². The Kier molecular flexibility index (Phi) is 4.21. The fourth-order valence-corrected chi connectivity index (χ4v) is 3.56. The molecule has 0 amide bonds. The molecule has 0 aliphatic carbocycles. The lowest BCUT2D eigenvalue weighted by Crippen LogP contribution is -1.97. The maximum atomic E-state index is 12.2. The van der Waals surface area contributed by atoms with Gasteiger partial charge in [0.25, 0.3) is 0 Å². The van der Waals surface area contributed by atoms with Gasteiger partial charge in [-0.2, -0.15) is 0 Å². The molecule has 1 aromatic heterocycles. The van der Waals surface area contributed by atoms with E-state index < -0.39 is 16.8 Å². The smallest absolute Gasteiger partial charge is 0.339 e. The first-order valence-electron chi connectivity index (χ1n) is 5.44. The predicted molar refractivity (Wildman–Crippen MR) is 74.7 cm³/mol. The molecule has 0 aliphatic rings. The minimum atomic E-state index is -1.29. The molecule has 0 bridgehead atoms. The first kappa shape index (κ1) is 14.0. The maximum absolute atomic E-state index is 12.2. The Balaban J connectivity index is 2.22. The van der Waals surface area contributed by atoms with Crippen LogP contribution in [0.3, 0.4) is 0 Å². The predicted octanol–water partition coefficient (Wildman–Crippen LogP) is 3.36. The first-order chi connectivity index (χ1) is 8.99. The van der Waals surface area contributed by atoms with Gasteiger partial charge in [0.2, 0.25) is 0 Å². The average molecular weight is 343 g/mol. The molecule has 1 atom stereocenters. The van der Waals surface area contributed by atoms with Crippen LogP contribution in [0.15, 0.2) is 44.1 Å². The Labute approximate surface area is 121 Å². The van der Waals surface area contributed by atoms with Crippen LogP contribution < -0.4 is 0 Å². The summed E-state index contributed by atoms with van der Waals surface area (Å²) < 4.78 is 18.3. The molecule has 1 unspecified atom stereocenters.